The Bertz CT molecular complexity index is 956. The summed E-state index contributed by atoms with van der Waals surface area (Å²) in [5, 5.41) is 5.81. The zero-order valence-corrected chi connectivity index (χ0v) is 18.7. The molecule has 0 radical (unpaired) electrons. The van der Waals surface area contributed by atoms with Crippen molar-refractivity contribution in [2.45, 2.75) is 31.0 Å². The van der Waals surface area contributed by atoms with Crippen molar-refractivity contribution in [3.05, 3.63) is 53.0 Å². The number of amides is 1. The maximum Gasteiger partial charge on any atom is 0.243 e. The summed E-state index contributed by atoms with van der Waals surface area (Å²) in [7, 11) is -3.60. The van der Waals surface area contributed by atoms with E-state index < -0.39 is 10.0 Å². The fourth-order valence-corrected chi connectivity index (χ4v) is 5.19. The molecule has 7 nitrogen and oxygen atoms in total. The molecule has 0 bridgehead atoms. The minimum atomic E-state index is -3.60. The van der Waals surface area contributed by atoms with Crippen molar-refractivity contribution in [3.63, 3.8) is 0 Å². The highest BCUT2D eigenvalue weighted by Crippen LogP contribution is 2.23. The minimum Gasteiger partial charge on any atom is -0.375 e. The van der Waals surface area contributed by atoms with Crippen molar-refractivity contribution in [1.29, 1.82) is 0 Å². The van der Waals surface area contributed by atoms with Crippen molar-refractivity contribution in [1.82, 2.24) is 4.31 Å². The number of carbonyl (C=O) groups is 1. The van der Waals surface area contributed by atoms with E-state index in [4.69, 9.17) is 4.74 Å². The largest absolute Gasteiger partial charge is 0.375 e. The highest BCUT2D eigenvalue weighted by atomic mass is 79.9. The van der Waals surface area contributed by atoms with Gasteiger partial charge >= 0.3 is 0 Å². The number of para-hydroxylation sites is 1. The molecule has 29 heavy (non-hydrogen) atoms. The van der Waals surface area contributed by atoms with Gasteiger partial charge in [0.15, 0.2) is 0 Å². The SMILES string of the molecule is C[C@H]1CN(S(=O)(=O)c2ccc(NC(=O)CNc3ccccc3Br)cc2)C[C@H](C)O1. The number of nitrogens with zero attached hydrogens (tertiary/aromatic N) is 1. The number of sulfonamides is 1. The molecular formula is C20H24BrN3O4S. The summed E-state index contributed by atoms with van der Waals surface area (Å²) in [5.74, 6) is -0.229. The highest BCUT2D eigenvalue weighted by molar-refractivity contribution is 9.10. The summed E-state index contributed by atoms with van der Waals surface area (Å²) in [5.41, 5.74) is 1.35. The molecule has 0 aliphatic carbocycles. The molecule has 0 unspecified atom stereocenters. The molecule has 1 saturated heterocycles. The second-order valence-electron chi connectivity index (χ2n) is 6.99. The molecule has 1 amide bonds. The molecule has 3 rings (SSSR count). The smallest absolute Gasteiger partial charge is 0.243 e. The Morgan fingerprint density at radius 2 is 1.72 bits per heavy atom. The molecule has 9 heteroatoms. The summed E-state index contributed by atoms with van der Waals surface area (Å²) in [6.45, 7) is 4.46. The fourth-order valence-electron chi connectivity index (χ4n) is 3.17. The first-order valence-electron chi connectivity index (χ1n) is 9.29. The number of benzene rings is 2. The molecule has 2 atom stereocenters. The summed E-state index contributed by atoms with van der Waals surface area (Å²) in [6.07, 6.45) is -0.298. The topological polar surface area (TPSA) is 87.7 Å². The van der Waals surface area contributed by atoms with Gasteiger partial charge in [0.2, 0.25) is 15.9 Å². The van der Waals surface area contributed by atoms with Crippen LogP contribution in [0, 0.1) is 0 Å². The van der Waals surface area contributed by atoms with Crippen LogP contribution in [-0.2, 0) is 19.6 Å². The monoisotopic (exact) mass is 481 g/mol. The van der Waals surface area contributed by atoms with Crippen LogP contribution in [0.3, 0.4) is 0 Å². The second-order valence-corrected chi connectivity index (χ2v) is 9.78. The highest BCUT2D eigenvalue weighted by Gasteiger charge is 2.32. The number of hydrogen-bond acceptors (Lipinski definition) is 5. The zero-order valence-electron chi connectivity index (χ0n) is 16.3. The van der Waals surface area contributed by atoms with Crippen molar-refractivity contribution in [2.75, 3.05) is 30.3 Å². The van der Waals surface area contributed by atoms with Crippen LogP contribution in [0.1, 0.15) is 13.8 Å². The van der Waals surface area contributed by atoms with Gasteiger partial charge in [-0.2, -0.15) is 4.31 Å². The van der Waals surface area contributed by atoms with Gasteiger partial charge < -0.3 is 15.4 Å². The summed E-state index contributed by atoms with van der Waals surface area (Å²) in [4.78, 5) is 12.4. The number of nitrogens with one attached hydrogen (secondary N) is 2. The van der Waals surface area contributed by atoms with Gasteiger partial charge in [-0.1, -0.05) is 12.1 Å². The molecule has 2 aromatic carbocycles. The number of anilines is 2. The summed E-state index contributed by atoms with van der Waals surface area (Å²) >= 11 is 3.42. The lowest BCUT2D eigenvalue weighted by Gasteiger charge is -2.34. The molecule has 1 aliphatic rings. The Kier molecular flexibility index (Phi) is 6.94. The number of halogens is 1. The first-order chi connectivity index (χ1) is 13.8. The summed E-state index contributed by atoms with van der Waals surface area (Å²) in [6, 6.07) is 13.7. The molecule has 1 aliphatic heterocycles. The standard InChI is InChI=1S/C20H24BrN3O4S/c1-14-12-24(13-15(2)28-14)29(26,27)17-9-7-16(8-10-17)23-20(25)11-22-19-6-4-3-5-18(19)21/h3-10,14-15,22H,11-13H2,1-2H3,(H,23,25)/t14-,15-/m0/s1. The first-order valence-corrected chi connectivity index (χ1v) is 11.5. The van der Waals surface area contributed by atoms with E-state index in [0.29, 0.717) is 18.8 Å². The van der Waals surface area contributed by atoms with Crippen molar-refractivity contribution in [3.8, 4) is 0 Å². The Morgan fingerprint density at radius 1 is 1.10 bits per heavy atom. The third kappa shape index (κ3) is 5.57. The lowest BCUT2D eigenvalue weighted by atomic mass is 10.3. The predicted molar refractivity (Wildman–Crippen MR) is 116 cm³/mol. The van der Waals surface area contributed by atoms with Crippen LogP contribution in [0.5, 0.6) is 0 Å². The first kappa shape index (κ1) is 21.8. The maximum atomic E-state index is 12.9. The van der Waals surface area contributed by atoms with Crippen LogP contribution in [0.25, 0.3) is 0 Å². The Labute approximate surface area is 179 Å². The molecule has 0 aromatic heterocycles. The quantitative estimate of drug-likeness (QED) is 0.660. The van der Waals surface area contributed by atoms with E-state index in [1.165, 1.54) is 16.4 Å². The number of rotatable bonds is 6. The van der Waals surface area contributed by atoms with Gasteiger partial charge in [-0.25, -0.2) is 8.42 Å². The molecule has 0 saturated carbocycles. The molecule has 2 N–H and O–H groups in total. The average molecular weight is 482 g/mol. The number of hydrogen-bond donors (Lipinski definition) is 2. The van der Waals surface area contributed by atoms with E-state index in [1.54, 1.807) is 12.1 Å². The molecule has 1 fully saturated rings. The van der Waals surface area contributed by atoms with Gasteiger partial charge in [-0.15, -0.1) is 0 Å². The molecular weight excluding hydrogens is 458 g/mol. The van der Waals surface area contributed by atoms with Crippen LogP contribution < -0.4 is 10.6 Å². The van der Waals surface area contributed by atoms with Crippen molar-refractivity contribution in [2.24, 2.45) is 0 Å². The van der Waals surface area contributed by atoms with Crippen LogP contribution in [0.2, 0.25) is 0 Å². The van der Waals surface area contributed by atoms with E-state index in [0.717, 1.165) is 10.2 Å². The van der Waals surface area contributed by atoms with Gasteiger partial charge in [0.25, 0.3) is 0 Å². The number of morpholine rings is 1. The third-order valence-corrected chi connectivity index (χ3v) is 7.01. The van der Waals surface area contributed by atoms with Gasteiger partial charge in [0.1, 0.15) is 0 Å². The fraction of sp³-hybridized carbons (Fsp3) is 0.350. The van der Waals surface area contributed by atoms with Crippen LogP contribution in [0.4, 0.5) is 11.4 Å². The molecule has 1 heterocycles. The van der Waals surface area contributed by atoms with Crippen molar-refractivity contribution < 1.29 is 17.9 Å². The van der Waals surface area contributed by atoms with Crippen LogP contribution in [-0.4, -0.2) is 50.5 Å². The Hall–Kier alpha value is -1.94. The van der Waals surface area contributed by atoms with E-state index in [9.17, 15) is 13.2 Å². The second kappa shape index (κ2) is 9.25. The van der Waals surface area contributed by atoms with E-state index in [2.05, 4.69) is 26.6 Å². The maximum absolute atomic E-state index is 12.9. The van der Waals surface area contributed by atoms with Gasteiger partial charge in [0.05, 0.1) is 23.6 Å². The zero-order chi connectivity index (χ0) is 21.0. The van der Waals surface area contributed by atoms with Gasteiger partial charge in [-0.3, -0.25) is 4.79 Å². The number of carbonyl (C=O) groups excluding carboxylic acids is 1. The predicted octanol–water partition coefficient (Wildman–Crippen LogP) is 3.30. The van der Waals surface area contributed by atoms with E-state index >= 15 is 0 Å². The third-order valence-electron chi connectivity index (χ3n) is 4.48. The van der Waals surface area contributed by atoms with Crippen LogP contribution >= 0.6 is 15.9 Å². The van der Waals surface area contributed by atoms with Crippen molar-refractivity contribution >= 4 is 43.2 Å². The molecule has 156 valence electrons. The van der Waals surface area contributed by atoms with Crippen LogP contribution in [0.15, 0.2) is 57.9 Å². The Morgan fingerprint density at radius 3 is 2.34 bits per heavy atom. The lowest BCUT2D eigenvalue weighted by molar-refractivity contribution is -0.114. The molecule has 0 spiro atoms. The summed E-state index contributed by atoms with van der Waals surface area (Å²) < 4.78 is 33.7. The average Bonchev–Trinajstić information content (AvgIpc) is 2.67. The minimum absolute atomic E-state index is 0.0895. The van der Waals surface area contributed by atoms with E-state index in [-0.39, 0.29) is 29.6 Å². The Balaban J connectivity index is 1.61. The molecule has 2 aromatic rings. The van der Waals surface area contributed by atoms with Gasteiger partial charge in [0, 0.05) is 28.9 Å². The van der Waals surface area contributed by atoms with Gasteiger partial charge in [-0.05, 0) is 66.2 Å². The number of ether oxygens (including phenoxy) is 1. The van der Waals surface area contributed by atoms with E-state index in [1.807, 2.05) is 38.1 Å². The lowest BCUT2D eigenvalue weighted by Crippen LogP contribution is -2.48. The normalized spacial score (nSPS) is 20.2.